The Morgan fingerprint density at radius 3 is 2.28 bits per heavy atom. The third-order valence-corrected chi connectivity index (χ3v) is 2.43. The van der Waals surface area contributed by atoms with Gasteiger partial charge in [-0.1, -0.05) is 6.92 Å². The molecule has 0 aliphatic rings. The first kappa shape index (κ1) is 14.9. The van der Waals surface area contributed by atoms with Gasteiger partial charge in [0.25, 0.3) is 0 Å². The van der Waals surface area contributed by atoms with Crippen LogP contribution in [0.25, 0.3) is 0 Å². The SMILES string of the molecule is CCCNc1nc(Cl)nc(NCCCCCO)n1. The van der Waals surface area contributed by atoms with Gasteiger partial charge < -0.3 is 15.7 Å². The fourth-order valence-corrected chi connectivity index (χ4v) is 1.52. The second kappa shape index (κ2) is 8.88. The average molecular weight is 274 g/mol. The van der Waals surface area contributed by atoms with Crippen LogP contribution in [0.1, 0.15) is 32.6 Å². The number of rotatable bonds is 9. The zero-order chi connectivity index (χ0) is 13.2. The van der Waals surface area contributed by atoms with Crippen LogP contribution in [0.4, 0.5) is 11.9 Å². The predicted octanol–water partition coefficient (Wildman–Crippen LogP) is 1.92. The summed E-state index contributed by atoms with van der Waals surface area (Å²) < 4.78 is 0. The predicted molar refractivity (Wildman–Crippen MR) is 73.0 cm³/mol. The Kier molecular flexibility index (Phi) is 7.36. The Hall–Kier alpha value is -1.14. The number of aliphatic hydroxyl groups is 1. The van der Waals surface area contributed by atoms with E-state index >= 15 is 0 Å². The van der Waals surface area contributed by atoms with Crippen molar-refractivity contribution in [2.45, 2.75) is 32.6 Å². The maximum Gasteiger partial charge on any atom is 0.228 e. The number of hydrogen-bond acceptors (Lipinski definition) is 6. The van der Waals surface area contributed by atoms with Gasteiger partial charge in [-0.05, 0) is 37.3 Å². The van der Waals surface area contributed by atoms with Gasteiger partial charge in [0.15, 0.2) is 0 Å². The molecule has 0 saturated carbocycles. The van der Waals surface area contributed by atoms with Crippen molar-refractivity contribution in [1.29, 1.82) is 0 Å². The number of unbranched alkanes of at least 4 members (excludes halogenated alkanes) is 2. The summed E-state index contributed by atoms with van der Waals surface area (Å²) in [6.07, 6.45) is 3.75. The molecule has 6 nitrogen and oxygen atoms in total. The molecule has 0 radical (unpaired) electrons. The number of anilines is 2. The molecule has 3 N–H and O–H groups in total. The minimum absolute atomic E-state index is 0.182. The van der Waals surface area contributed by atoms with E-state index in [-0.39, 0.29) is 11.9 Å². The molecule has 1 heterocycles. The number of nitrogens with zero attached hydrogens (tertiary/aromatic N) is 3. The van der Waals surface area contributed by atoms with Gasteiger partial charge in [0.1, 0.15) is 0 Å². The lowest BCUT2D eigenvalue weighted by molar-refractivity contribution is 0.283. The minimum atomic E-state index is 0.182. The molecule has 0 aliphatic carbocycles. The fraction of sp³-hybridized carbons (Fsp3) is 0.727. The summed E-state index contributed by atoms with van der Waals surface area (Å²) in [5, 5.41) is 15.0. The van der Waals surface area contributed by atoms with E-state index in [1.165, 1.54) is 0 Å². The highest BCUT2D eigenvalue weighted by atomic mass is 35.5. The molecule has 0 unspecified atom stereocenters. The lowest BCUT2D eigenvalue weighted by atomic mass is 10.2. The standard InChI is InChI=1S/C11H20ClN5O/c1-2-6-13-10-15-9(12)16-11(17-10)14-7-4-3-5-8-18/h18H,2-8H2,1H3,(H2,13,14,15,16,17). The molecule has 0 atom stereocenters. The van der Waals surface area contributed by atoms with E-state index in [2.05, 4.69) is 32.5 Å². The van der Waals surface area contributed by atoms with Crippen molar-refractivity contribution < 1.29 is 5.11 Å². The molecule has 0 amide bonds. The van der Waals surface area contributed by atoms with Gasteiger partial charge >= 0.3 is 0 Å². The zero-order valence-corrected chi connectivity index (χ0v) is 11.4. The molecule has 1 rings (SSSR count). The molecule has 7 heteroatoms. The molecule has 102 valence electrons. The Bertz CT molecular complexity index is 350. The maximum absolute atomic E-state index is 8.66. The van der Waals surface area contributed by atoms with Crippen molar-refractivity contribution >= 4 is 23.5 Å². The van der Waals surface area contributed by atoms with Gasteiger partial charge in [-0.25, -0.2) is 0 Å². The van der Waals surface area contributed by atoms with E-state index in [9.17, 15) is 0 Å². The largest absolute Gasteiger partial charge is 0.396 e. The van der Waals surface area contributed by atoms with Crippen LogP contribution in [0.3, 0.4) is 0 Å². The Morgan fingerprint density at radius 2 is 1.67 bits per heavy atom. The van der Waals surface area contributed by atoms with Crippen LogP contribution in [-0.4, -0.2) is 39.8 Å². The van der Waals surface area contributed by atoms with Crippen molar-refractivity contribution in [2.24, 2.45) is 0 Å². The second-order valence-corrected chi connectivity index (χ2v) is 4.23. The number of halogens is 1. The normalized spacial score (nSPS) is 10.4. The second-order valence-electron chi connectivity index (χ2n) is 3.89. The smallest absolute Gasteiger partial charge is 0.228 e. The van der Waals surface area contributed by atoms with Gasteiger partial charge in [0, 0.05) is 19.7 Å². The lowest BCUT2D eigenvalue weighted by Gasteiger charge is -2.07. The number of nitrogens with one attached hydrogen (secondary N) is 2. The van der Waals surface area contributed by atoms with Crippen molar-refractivity contribution in [3.05, 3.63) is 5.28 Å². The molecule has 1 aromatic heterocycles. The first-order chi connectivity index (χ1) is 8.76. The van der Waals surface area contributed by atoms with Gasteiger partial charge in [-0.2, -0.15) is 15.0 Å². The molecule has 0 spiro atoms. The van der Waals surface area contributed by atoms with Crippen molar-refractivity contribution in [3.8, 4) is 0 Å². The Balaban J connectivity index is 2.41. The molecule has 0 bridgehead atoms. The van der Waals surface area contributed by atoms with Crippen molar-refractivity contribution in [2.75, 3.05) is 30.3 Å². The van der Waals surface area contributed by atoms with Crippen molar-refractivity contribution in [3.63, 3.8) is 0 Å². The first-order valence-corrected chi connectivity index (χ1v) is 6.64. The van der Waals surface area contributed by atoms with Crippen LogP contribution in [0.2, 0.25) is 5.28 Å². The molecule has 0 saturated heterocycles. The first-order valence-electron chi connectivity index (χ1n) is 6.26. The molecule has 0 aromatic carbocycles. The van der Waals surface area contributed by atoms with Gasteiger partial charge in [0.05, 0.1) is 0 Å². The molecule has 0 aliphatic heterocycles. The summed E-state index contributed by atoms with van der Waals surface area (Å²) in [4.78, 5) is 12.2. The number of aromatic nitrogens is 3. The van der Waals surface area contributed by atoms with Crippen LogP contribution < -0.4 is 10.6 Å². The highest BCUT2D eigenvalue weighted by molar-refractivity contribution is 6.28. The van der Waals surface area contributed by atoms with E-state index in [0.29, 0.717) is 11.9 Å². The third kappa shape index (κ3) is 5.97. The summed E-state index contributed by atoms with van der Waals surface area (Å²) in [6.45, 7) is 3.86. The monoisotopic (exact) mass is 273 g/mol. The minimum Gasteiger partial charge on any atom is -0.396 e. The van der Waals surface area contributed by atoms with Crippen LogP contribution in [0.5, 0.6) is 0 Å². The highest BCUT2D eigenvalue weighted by Crippen LogP contribution is 2.09. The summed E-state index contributed by atoms with van der Waals surface area (Å²) in [5.74, 6) is 0.979. The summed E-state index contributed by atoms with van der Waals surface area (Å²) in [5.41, 5.74) is 0. The van der Waals surface area contributed by atoms with E-state index in [0.717, 1.165) is 38.8 Å². The molecular formula is C11H20ClN5O. The Labute approximate surface area is 112 Å². The van der Waals surface area contributed by atoms with Crippen LogP contribution in [-0.2, 0) is 0 Å². The zero-order valence-electron chi connectivity index (χ0n) is 10.6. The lowest BCUT2D eigenvalue weighted by Crippen LogP contribution is -2.10. The van der Waals surface area contributed by atoms with Crippen LogP contribution in [0, 0.1) is 0 Å². The van der Waals surface area contributed by atoms with E-state index in [1.807, 2.05) is 0 Å². The molecular weight excluding hydrogens is 254 g/mol. The average Bonchev–Trinajstić information content (AvgIpc) is 2.35. The highest BCUT2D eigenvalue weighted by Gasteiger charge is 2.03. The topological polar surface area (TPSA) is 83.0 Å². The van der Waals surface area contributed by atoms with E-state index in [4.69, 9.17) is 16.7 Å². The van der Waals surface area contributed by atoms with E-state index in [1.54, 1.807) is 0 Å². The third-order valence-electron chi connectivity index (χ3n) is 2.26. The summed E-state index contributed by atoms with van der Waals surface area (Å²) >= 11 is 5.82. The maximum atomic E-state index is 8.66. The molecule has 18 heavy (non-hydrogen) atoms. The fourth-order valence-electron chi connectivity index (χ4n) is 1.36. The van der Waals surface area contributed by atoms with Crippen LogP contribution >= 0.6 is 11.6 Å². The van der Waals surface area contributed by atoms with E-state index < -0.39 is 0 Å². The quantitative estimate of drug-likeness (QED) is 0.596. The van der Waals surface area contributed by atoms with Crippen molar-refractivity contribution in [1.82, 2.24) is 15.0 Å². The van der Waals surface area contributed by atoms with Crippen LogP contribution in [0.15, 0.2) is 0 Å². The number of aliphatic hydroxyl groups excluding tert-OH is 1. The summed E-state index contributed by atoms with van der Waals surface area (Å²) in [7, 11) is 0. The Morgan fingerprint density at radius 1 is 1.00 bits per heavy atom. The molecule has 0 fully saturated rings. The summed E-state index contributed by atoms with van der Waals surface area (Å²) in [6, 6.07) is 0. The van der Waals surface area contributed by atoms with Gasteiger partial charge in [-0.3, -0.25) is 0 Å². The van der Waals surface area contributed by atoms with Gasteiger partial charge in [0.2, 0.25) is 17.2 Å². The molecule has 1 aromatic rings. The number of hydrogen-bond donors (Lipinski definition) is 3. The van der Waals surface area contributed by atoms with Gasteiger partial charge in [-0.15, -0.1) is 0 Å².